The Morgan fingerprint density at radius 1 is 1.35 bits per heavy atom. The smallest absolute Gasteiger partial charge is 0.330 e. The fourth-order valence-corrected chi connectivity index (χ4v) is 2.39. The predicted octanol–water partition coefficient (Wildman–Crippen LogP) is 3.53. The van der Waals surface area contributed by atoms with E-state index in [0.29, 0.717) is 23.5 Å². The molecule has 1 rings (SSSR count). The fraction of sp³-hybridized carbons (Fsp3) is 0.750. The zero-order chi connectivity index (χ0) is 15.4. The topological polar surface area (TPSA) is 48.1 Å². The highest BCUT2D eigenvalue weighted by Crippen LogP contribution is 2.28. The summed E-state index contributed by atoms with van der Waals surface area (Å²) >= 11 is 1.22. The minimum absolute atomic E-state index is 0.226. The van der Waals surface area contributed by atoms with Gasteiger partial charge in [-0.05, 0) is 12.8 Å². The van der Waals surface area contributed by atoms with Gasteiger partial charge >= 0.3 is 12.3 Å². The summed E-state index contributed by atoms with van der Waals surface area (Å²) in [6.07, 6.45) is -2.35. The zero-order valence-corrected chi connectivity index (χ0v) is 12.2. The minimum Gasteiger partial charge on any atom is -0.368 e. The van der Waals surface area contributed by atoms with Crippen LogP contribution in [0.1, 0.15) is 37.4 Å². The lowest BCUT2D eigenvalue weighted by Gasteiger charge is -2.24. The Morgan fingerprint density at radius 2 is 1.95 bits per heavy atom. The number of alkyl halides is 4. The van der Waals surface area contributed by atoms with Crippen molar-refractivity contribution in [2.24, 2.45) is 5.73 Å². The van der Waals surface area contributed by atoms with Gasteiger partial charge in [0.2, 0.25) is 0 Å². The van der Waals surface area contributed by atoms with E-state index < -0.39 is 24.5 Å². The Hall–Kier alpha value is -0.730. The van der Waals surface area contributed by atoms with Crippen LogP contribution >= 0.6 is 11.3 Å². The van der Waals surface area contributed by atoms with Crippen LogP contribution in [0.5, 0.6) is 0 Å². The summed E-state index contributed by atoms with van der Waals surface area (Å²) in [7, 11) is 0. The quantitative estimate of drug-likeness (QED) is 0.747. The van der Waals surface area contributed by atoms with E-state index in [4.69, 9.17) is 5.73 Å². The monoisotopic (exact) mass is 314 g/mol. The van der Waals surface area contributed by atoms with Gasteiger partial charge in [-0.1, -0.05) is 13.8 Å². The summed E-state index contributed by atoms with van der Waals surface area (Å²) in [6.45, 7) is 2.32. The second-order valence-corrected chi connectivity index (χ2v) is 5.49. The van der Waals surface area contributed by atoms with Crippen molar-refractivity contribution >= 4 is 11.3 Å². The second kappa shape index (κ2) is 6.82. The predicted molar refractivity (Wildman–Crippen MR) is 69.2 cm³/mol. The summed E-state index contributed by atoms with van der Waals surface area (Å²) < 4.78 is 53.8. The van der Waals surface area contributed by atoms with Crippen LogP contribution in [0.25, 0.3) is 0 Å². The van der Waals surface area contributed by atoms with E-state index in [-0.39, 0.29) is 6.61 Å². The largest absolute Gasteiger partial charge is 0.368 e. The molecule has 116 valence electrons. The van der Waals surface area contributed by atoms with Crippen LogP contribution in [0.3, 0.4) is 0 Å². The van der Waals surface area contributed by atoms with Gasteiger partial charge in [0.25, 0.3) is 0 Å². The van der Waals surface area contributed by atoms with Crippen LogP contribution < -0.4 is 5.73 Å². The number of thiazole rings is 1. The van der Waals surface area contributed by atoms with Crippen LogP contribution in [0.4, 0.5) is 17.6 Å². The molecule has 0 amide bonds. The molecule has 0 saturated carbocycles. The Morgan fingerprint density at radius 3 is 2.45 bits per heavy atom. The highest BCUT2D eigenvalue weighted by atomic mass is 32.1. The summed E-state index contributed by atoms with van der Waals surface area (Å²) in [4.78, 5) is 4.22. The Balaban J connectivity index is 2.58. The third kappa shape index (κ3) is 4.13. The van der Waals surface area contributed by atoms with Crippen LogP contribution in [0.2, 0.25) is 0 Å². The molecule has 1 aromatic rings. The first-order chi connectivity index (χ1) is 9.25. The van der Waals surface area contributed by atoms with Gasteiger partial charge in [0.1, 0.15) is 11.6 Å². The first-order valence-electron chi connectivity index (χ1n) is 6.22. The summed E-state index contributed by atoms with van der Waals surface area (Å²) in [6, 6.07) is 0. The molecule has 0 aliphatic rings. The molecule has 0 aromatic carbocycles. The van der Waals surface area contributed by atoms with E-state index in [1.165, 1.54) is 11.3 Å². The standard InChI is InChI=1S/C12H18F4N2OS/c1-3-11(17,4-2)8-6-20-9(18-8)5-19-7-12(15,16)10(13)14/h6,10H,3-5,7,17H2,1-2H3. The lowest BCUT2D eigenvalue weighted by Crippen LogP contribution is -2.35. The van der Waals surface area contributed by atoms with Crippen LogP contribution in [-0.2, 0) is 16.9 Å². The number of aromatic nitrogens is 1. The lowest BCUT2D eigenvalue weighted by molar-refractivity contribution is -0.168. The highest BCUT2D eigenvalue weighted by Gasteiger charge is 2.41. The SMILES string of the molecule is CCC(N)(CC)c1csc(COCC(F)(F)C(F)F)n1. The van der Waals surface area contributed by atoms with Crippen LogP contribution in [0, 0.1) is 0 Å². The van der Waals surface area contributed by atoms with Gasteiger partial charge in [0, 0.05) is 5.38 Å². The molecule has 0 spiro atoms. The first-order valence-corrected chi connectivity index (χ1v) is 7.10. The number of nitrogens with zero attached hydrogens (tertiary/aromatic N) is 1. The Bertz CT molecular complexity index is 421. The minimum atomic E-state index is -4.13. The van der Waals surface area contributed by atoms with E-state index in [2.05, 4.69) is 9.72 Å². The summed E-state index contributed by atoms with van der Waals surface area (Å²) in [5.74, 6) is -4.13. The molecule has 20 heavy (non-hydrogen) atoms. The maximum atomic E-state index is 12.6. The molecular weight excluding hydrogens is 296 g/mol. The van der Waals surface area contributed by atoms with Crippen molar-refractivity contribution in [2.45, 2.75) is 51.2 Å². The van der Waals surface area contributed by atoms with Crippen molar-refractivity contribution in [2.75, 3.05) is 6.61 Å². The Kier molecular flexibility index (Phi) is 5.91. The molecule has 0 unspecified atom stereocenters. The van der Waals surface area contributed by atoms with Gasteiger partial charge in [0.15, 0.2) is 0 Å². The second-order valence-electron chi connectivity index (χ2n) is 4.54. The summed E-state index contributed by atoms with van der Waals surface area (Å²) in [5.41, 5.74) is 6.27. The number of ether oxygens (including phenoxy) is 1. The molecule has 0 saturated heterocycles. The Labute approximate surface area is 119 Å². The van der Waals surface area contributed by atoms with E-state index in [1.54, 1.807) is 5.38 Å². The molecule has 8 heteroatoms. The maximum absolute atomic E-state index is 12.6. The van der Waals surface area contributed by atoms with E-state index >= 15 is 0 Å². The molecule has 3 nitrogen and oxygen atoms in total. The van der Waals surface area contributed by atoms with Gasteiger partial charge in [-0.15, -0.1) is 11.3 Å². The lowest BCUT2D eigenvalue weighted by atomic mass is 9.91. The molecular formula is C12H18F4N2OS. The van der Waals surface area contributed by atoms with Gasteiger partial charge < -0.3 is 10.5 Å². The van der Waals surface area contributed by atoms with Crippen LogP contribution in [-0.4, -0.2) is 23.9 Å². The number of hydrogen-bond donors (Lipinski definition) is 1. The molecule has 0 radical (unpaired) electrons. The average Bonchev–Trinajstić information content (AvgIpc) is 2.86. The molecule has 0 bridgehead atoms. The van der Waals surface area contributed by atoms with Gasteiger partial charge in [-0.2, -0.15) is 8.78 Å². The van der Waals surface area contributed by atoms with E-state index in [1.807, 2.05) is 13.8 Å². The van der Waals surface area contributed by atoms with Crippen molar-refractivity contribution in [3.8, 4) is 0 Å². The fourth-order valence-electron chi connectivity index (χ4n) is 1.56. The normalized spacial score (nSPS) is 13.2. The van der Waals surface area contributed by atoms with Crippen LogP contribution in [0.15, 0.2) is 5.38 Å². The maximum Gasteiger partial charge on any atom is 0.330 e. The van der Waals surface area contributed by atoms with Crippen molar-refractivity contribution < 1.29 is 22.3 Å². The van der Waals surface area contributed by atoms with Gasteiger partial charge in [-0.25, -0.2) is 13.8 Å². The van der Waals surface area contributed by atoms with Crippen molar-refractivity contribution in [3.63, 3.8) is 0 Å². The highest BCUT2D eigenvalue weighted by molar-refractivity contribution is 7.09. The van der Waals surface area contributed by atoms with E-state index in [9.17, 15) is 17.6 Å². The summed E-state index contributed by atoms with van der Waals surface area (Å²) in [5, 5.41) is 2.19. The third-order valence-electron chi connectivity index (χ3n) is 3.16. The molecule has 1 aromatic heterocycles. The van der Waals surface area contributed by atoms with Crippen molar-refractivity contribution in [1.82, 2.24) is 4.98 Å². The molecule has 0 aliphatic heterocycles. The average molecular weight is 314 g/mol. The van der Waals surface area contributed by atoms with Crippen molar-refractivity contribution in [3.05, 3.63) is 16.1 Å². The number of hydrogen-bond acceptors (Lipinski definition) is 4. The molecule has 2 N–H and O–H groups in total. The molecule has 0 fully saturated rings. The van der Waals surface area contributed by atoms with E-state index in [0.717, 1.165) is 0 Å². The molecule has 1 heterocycles. The zero-order valence-electron chi connectivity index (χ0n) is 11.3. The first kappa shape index (κ1) is 17.3. The van der Waals surface area contributed by atoms with Gasteiger partial charge in [0.05, 0.1) is 17.8 Å². The number of halogens is 4. The number of rotatable bonds is 8. The van der Waals surface area contributed by atoms with Gasteiger partial charge in [-0.3, -0.25) is 0 Å². The third-order valence-corrected chi connectivity index (χ3v) is 3.99. The number of nitrogens with two attached hydrogens (primary N) is 1. The molecule has 0 aliphatic carbocycles. The molecule has 0 atom stereocenters. The van der Waals surface area contributed by atoms with Crippen molar-refractivity contribution in [1.29, 1.82) is 0 Å².